The predicted octanol–water partition coefficient (Wildman–Crippen LogP) is 7.41. The summed E-state index contributed by atoms with van der Waals surface area (Å²) in [4.78, 5) is 25.8. The quantitative estimate of drug-likeness (QED) is 0.256. The number of hydrogen-bond acceptors (Lipinski definition) is 2. The van der Waals surface area contributed by atoms with Crippen molar-refractivity contribution in [1.29, 1.82) is 0 Å². The Morgan fingerprint density at radius 3 is 2.24 bits per heavy atom. The lowest BCUT2D eigenvalue weighted by Crippen LogP contribution is -2.18. The van der Waals surface area contributed by atoms with E-state index in [4.69, 9.17) is 64.4 Å². The Morgan fingerprint density at radius 1 is 0.882 bits per heavy atom. The topological polar surface area (TPSA) is 58.2 Å². The highest BCUT2D eigenvalue weighted by Gasteiger charge is 2.67. The highest BCUT2D eigenvalue weighted by molar-refractivity contribution is 6.53. The van der Waals surface area contributed by atoms with Gasteiger partial charge in [-0.25, -0.2) is 0 Å². The van der Waals surface area contributed by atoms with Crippen molar-refractivity contribution < 1.29 is 9.59 Å². The Hall–Kier alpha value is -2.39. The smallest absolute Gasteiger partial charge is 0.257 e. The number of carbonyl (C=O) groups is 2. The van der Waals surface area contributed by atoms with Crippen LogP contribution in [0.25, 0.3) is 0 Å². The SMILES string of the molecule is C#Cc1cccc(NC(=O)c2cc(NC(=O)[C@@H]3[C@@H](c4cc(Cl)cc(Cl)c4)C3(Cl)Cl)ccc2Cl)c1. The summed E-state index contributed by atoms with van der Waals surface area (Å²) in [6, 6.07) is 16.3. The van der Waals surface area contributed by atoms with Gasteiger partial charge in [-0.15, -0.1) is 29.6 Å². The zero-order valence-electron chi connectivity index (χ0n) is 17.2. The van der Waals surface area contributed by atoms with E-state index >= 15 is 0 Å². The molecule has 0 saturated heterocycles. The van der Waals surface area contributed by atoms with Crippen molar-refractivity contribution in [1.82, 2.24) is 0 Å². The molecule has 0 unspecified atom stereocenters. The Balaban J connectivity index is 1.51. The van der Waals surface area contributed by atoms with Gasteiger partial charge in [0.05, 0.1) is 16.5 Å². The molecule has 0 spiro atoms. The lowest BCUT2D eigenvalue weighted by molar-refractivity contribution is -0.117. The third kappa shape index (κ3) is 5.15. The molecule has 3 aromatic carbocycles. The summed E-state index contributed by atoms with van der Waals surface area (Å²) in [7, 11) is 0. The molecule has 1 aliphatic carbocycles. The van der Waals surface area contributed by atoms with E-state index in [9.17, 15) is 9.59 Å². The first-order chi connectivity index (χ1) is 16.1. The molecular formula is C25H15Cl5N2O2. The molecule has 4 rings (SSSR count). The van der Waals surface area contributed by atoms with E-state index in [1.165, 1.54) is 12.1 Å². The minimum absolute atomic E-state index is 0.169. The van der Waals surface area contributed by atoms with Gasteiger partial charge in [-0.1, -0.05) is 46.8 Å². The van der Waals surface area contributed by atoms with Crippen LogP contribution in [-0.2, 0) is 4.79 Å². The number of carbonyl (C=O) groups excluding carboxylic acids is 2. The van der Waals surface area contributed by atoms with Crippen molar-refractivity contribution in [2.24, 2.45) is 5.92 Å². The molecule has 0 aromatic heterocycles. The predicted molar refractivity (Wildman–Crippen MR) is 140 cm³/mol. The highest BCUT2D eigenvalue weighted by Crippen LogP contribution is 2.65. The van der Waals surface area contributed by atoms with Gasteiger partial charge in [0.25, 0.3) is 5.91 Å². The van der Waals surface area contributed by atoms with Crippen LogP contribution >= 0.6 is 58.0 Å². The summed E-state index contributed by atoms with van der Waals surface area (Å²) in [6.45, 7) is 0. The van der Waals surface area contributed by atoms with Crippen molar-refractivity contribution in [3.8, 4) is 12.3 Å². The first-order valence-electron chi connectivity index (χ1n) is 9.92. The van der Waals surface area contributed by atoms with E-state index in [1.807, 2.05) is 0 Å². The van der Waals surface area contributed by atoms with Crippen LogP contribution in [0.1, 0.15) is 27.4 Å². The molecule has 3 aromatic rings. The molecule has 2 amide bonds. The highest BCUT2D eigenvalue weighted by atomic mass is 35.5. The fourth-order valence-electron chi connectivity index (χ4n) is 3.70. The molecular weight excluding hydrogens is 538 g/mol. The van der Waals surface area contributed by atoms with Gasteiger partial charge in [-0.2, -0.15) is 0 Å². The molecule has 2 N–H and O–H groups in total. The lowest BCUT2D eigenvalue weighted by atomic mass is 10.1. The number of amides is 2. The largest absolute Gasteiger partial charge is 0.326 e. The maximum atomic E-state index is 13.0. The van der Waals surface area contributed by atoms with E-state index in [1.54, 1.807) is 48.5 Å². The molecule has 1 aliphatic rings. The number of nitrogens with one attached hydrogen (secondary N) is 2. The summed E-state index contributed by atoms with van der Waals surface area (Å²) in [5, 5.41) is 6.54. The Labute approximate surface area is 221 Å². The van der Waals surface area contributed by atoms with Crippen molar-refractivity contribution >= 4 is 81.2 Å². The monoisotopic (exact) mass is 550 g/mol. The van der Waals surface area contributed by atoms with E-state index in [2.05, 4.69) is 16.6 Å². The van der Waals surface area contributed by atoms with E-state index in [0.717, 1.165) is 0 Å². The van der Waals surface area contributed by atoms with Crippen molar-refractivity contribution in [3.05, 3.63) is 92.4 Å². The van der Waals surface area contributed by atoms with E-state index in [0.29, 0.717) is 32.5 Å². The zero-order chi connectivity index (χ0) is 24.6. The van der Waals surface area contributed by atoms with Crippen LogP contribution in [0.5, 0.6) is 0 Å². The summed E-state index contributed by atoms with van der Waals surface area (Å²) in [6.07, 6.45) is 5.41. The number of anilines is 2. The van der Waals surface area contributed by atoms with Crippen LogP contribution < -0.4 is 10.6 Å². The average molecular weight is 553 g/mol. The molecule has 2 atom stereocenters. The molecule has 4 nitrogen and oxygen atoms in total. The van der Waals surface area contributed by atoms with Crippen LogP contribution in [0.15, 0.2) is 60.7 Å². The van der Waals surface area contributed by atoms with Gasteiger partial charge >= 0.3 is 0 Å². The second-order valence-electron chi connectivity index (χ2n) is 7.70. The summed E-state index contributed by atoms with van der Waals surface area (Å²) in [5.74, 6) is 0.389. The van der Waals surface area contributed by atoms with Crippen LogP contribution in [-0.4, -0.2) is 16.1 Å². The standard InChI is InChI=1S/C25H15Cl5N2O2/c1-2-13-4-3-5-17(8-13)31-23(33)19-12-18(6-7-20(19)28)32-24(34)22-21(25(22,29)30)14-9-15(26)11-16(27)10-14/h1,3-12,21-22H,(H,31,33)(H,32,34)/t21-,22+/m1/s1. The van der Waals surface area contributed by atoms with Crippen LogP contribution in [0.3, 0.4) is 0 Å². The second kappa shape index (κ2) is 9.70. The van der Waals surface area contributed by atoms with Crippen LogP contribution in [0.4, 0.5) is 11.4 Å². The number of hydrogen-bond donors (Lipinski definition) is 2. The molecule has 9 heteroatoms. The van der Waals surface area contributed by atoms with Gasteiger partial charge in [0.15, 0.2) is 0 Å². The molecule has 0 heterocycles. The fourth-order valence-corrected chi connectivity index (χ4v) is 5.28. The van der Waals surface area contributed by atoms with E-state index < -0.39 is 28.0 Å². The maximum Gasteiger partial charge on any atom is 0.257 e. The van der Waals surface area contributed by atoms with Crippen LogP contribution in [0, 0.1) is 18.3 Å². The lowest BCUT2D eigenvalue weighted by Gasteiger charge is -2.10. The molecule has 1 saturated carbocycles. The Morgan fingerprint density at radius 2 is 1.56 bits per heavy atom. The first kappa shape index (κ1) is 24.7. The number of alkyl halides is 2. The third-order valence-corrected chi connectivity index (χ3v) is 7.05. The molecule has 0 aliphatic heterocycles. The number of terminal acetylenes is 1. The summed E-state index contributed by atoms with van der Waals surface area (Å²) in [5.41, 5.74) is 2.32. The van der Waals surface area contributed by atoms with Crippen molar-refractivity contribution in [3.63, 3.8) is 0 Å². The summed E-state index contributed by atoms with van der Waals surface area (Å²) >= 11 is 31.2. The number of rotatable bonds is 5. The van der Waals surface area contributed by atoms with Gasteiger partial charge in [0.2, 0.25) is 5.91 Å². The van der Waals surface area contributed by atoms with Crippen molar-refractivity contribution in [2.45, 2.75) is 10.3 Å². The van der Waals surface area contributed by atoms with Gasteiger partial charge in [-0.05, 0) is 60.2 Å². The summed E-state index contributed by atoms with van der Waals surface area (Å²) < 4.78 is -1.33. The normalized spacial score (nSPS) is 18.0. The zero-order valence-corrected chi connectivity index (χ0v) is 21.0. The maximum absolute atomic E-state index is 13.0. The minimum atomic E-state index is -1.33. The molecule has 0 bridgehead atoms. The minimum Gasteiger partial charge on any atom is -0.326 e. The van der Waals surface area contributed by atoms with Gasteiger partial charge in [-0.3, -0.25) is 9.59 Å². The second-order valence-corrected chi connectivity index (χ2v) is 10.4. The van der Waals surface area contributed by atoms with Crippen LogP contribution in [0.2, 0.25) is 15.1 Å². The van der Waals surface area contributed by atoms with Gasteiger partial charge in [0, 0.05) is 32.9 Å². The molecule has 172 valence electrons. The molecule has 34 heavy (non-hydrogen) atoms. The van der Waals surface area contributed by atoms with Gasteiger partial charge < -0.3 is 10.6 Å². The van der Waals surface area contributed by atoms with Crippen molar-refractivity contribution in [2.75, 3.05) is 10.6 Å². The fraction of sp³-hybridized carbons (Fsp3) is 0.120. The Bertz CT molecular complexity index is 1330. The average Bonchev–Trinajstić information content (AvgIpc) is 3.36. The van der Waals surface area contributed by atoms with Gasteiger partial charge in [0.1, 0.15) is 4.33 Å². The number of halogens is 5. The van der Waals surface area contributed by atoms with E-state index in [-0.39, 0.29) is 10.6 Å². The molecule has 1 fully saturated rings. The molecule has 0 radical (unpaired) electrons. The first-order valence-corrected chi connectivity index (χ1v) is 11.8. The Kier molecular flexibility index (Phi) is 7.05. The third-order valence-electron chi connectivity index (χ3n) is 5.35. The number of benzene rings is 3.